The van der Waals surface area contributed by atoms with Crippen LogP contribution in [0.5, 0.6) is 0 Å². The molecule has 0 saturated heterocycles. The molecule has 0 radical (unpaired) electrons. The van der Waals surface area contributed by atoms with Crippen molar-refractivity contribution in [2.24, 2.45) is 0 Å². The van der Waals surface area contributed by atoms with E-state index in [1.54, 1.807) is 48.5 Å². The summed E-state index contributed by atoms with van der Waals surface area (Å²) in [5, 5.41) is 14.4. The maximum Gasteiger partial charge on any atom is 0.255 e. The van der Waals surface area contributed by atoms with Crippen molar-refractivity contribution in [2.45, 2.75) is 26.3 Å². The standard InChI is InChI=1S/C19H19N3O2/c1-3-13(2)21-18(23)15-6-8-16(9-7-15)19(24)22-17-10-4-14(12-20)5-11-17/h4-11,13H,3H2,1-2H3,(H,21,23)(H,22,24). The Hall–Kier alpha value is -3.13. The predicted octanol–water partition coefficient (Wildman–Crippen LogP) is 3.34. The third kappa shape index (κ3) is 4.43. The van der Waals surface area contributed by atoms with Gasteiger partial charge in [-0.05, 0) is 61.9 Å². The second-order valence-electron chi connectivity index (χ2n) is 5.50. The smallest absolute Gasteiger partial charge is 0.255 e. The number of nitrogens with one attached hydrogen (secondary N) is 2. The van der Waals surface area contributed by atoms with Crippen LogP contribution in [0.25, 0.3) is 0 Å². The summed E-state index contributed by atoms with van der Waals surface area (Å²) in [6.07, 6.45) is 0.858. The number of anilines is 1. The third-order valence-corrected chi connectivity index (χ3v) is 3.67. The van der Waals surface area contributed by atoms with Crippen LogP contribution in [0.2, 0.25) is 0 Å². The average molecular weight is 321 g/mol. The molecular formula is C19H19N3O2. The first-order valence-electron chi connectivity index (χ1n) is 7.76. The van der Waals surface area contributed by atoms with E-state index in [1.165, 1.54) is 0 Å². The maximum absolute atomic E-state index is 12.2. The van der Waals surface area contributed by atoms with Crippen molar-refractivity contribution in [1.29, 1.82) is 5.26 Å². The summed E-state index contributed by atoms with van der Waals surface area (Å²) >= 11 is 0. The second-order valence-corrected chi connectivity index (χ2v) is 5.50. The molecule has 0 fully saturated rings. The molecule has 0 aliphatic rings. The average Bonchev–Trinajstić information content (AvgIpc) is 2.62. The van der Waals surface area contributed by atoms with Gasteiger partial charge < -0.3 is 10.6 Å². The molecule has 2 rings (SSSR count). The Labute approximate surface area is 141 Å². The lowest BCUT2D eigenvalue weighted by atomic mass is 10.1. The Morgan fingerprint density at radius 3 is 2.04 bits per heavy atom. The molecule has 2 amide bonds. The Morgan fingerprint density at radius 2 is 1.54 bits per heavy atom. The van der Waals surface area contributed by atoms with Gasteiger partial charge in [0.25, 0.3) is 11.8 Å². The lowest BCUT2D eigenvalue weighted by Crippen LogP contribution is -2.31. The van der Waals surface area contributed by atoms with E-state index in [4.69, 9.17) is 5.26 Å². The molecule has 2 aromatic carbocycles. The van der Waals surface area contributed by atoms with Gasteiger partial charge in [-0.3, -0.25) is 9.59 Å². The fourth-order valence-electron chi connectivity index (χ4n) is 2.01. The van der Waals surface area contributed by atoms with Crippen molar-refractivity contribution >= 4 is 17.5 Å². The number of carbonyl (C=O) groups is 2. The number of amides is 2. The highest BCUT2D eigenvalue weighted by Gasteiger charge is 2.10. The maximum atomic E-state index is 12.2. The largest absolute Gasteiger partial charge is 0.350 e. The van der Waals surface area contributed by atoms with E-state index in [1.807, 2.05) is 19.9 Å². The zero-order valence-electron chi connectivity index (χ0n) is 13.7. The van der Waals surface area contributed by atoms with Gasteiger partial charge in [-0.25, -0.2) is 0 Å². The van der Waals surface area contributed by atoms with Gasteiger partial charge in [0, 0.05) is 22.9 Å². The van der Waals surface area contributed by atoms with E-state index in [-0.39, 0.29) is 17.9 Å². The molecule has 24 heavy (non-hydrogen) atoms. The molecule has 0 spiro atoms. The van der Waals surface area contributed by atoms with Crippen LogP contribution in [0.1, 0.15) is 46.5 Å². The van der Waals surface area contributed by atoms with Crippen molar-refractivity contribution in [2.75, 3.05) is 5.32 Å². The monoisotopic (exact) mass is 321 g/mol. The van der Waals surface area contributed by atoms with Crippen LogP contribution >= 0.6 is 0 Å². The van der Waals surface area contributed by atoms with E-state index < -0.39 is 0 Å². The Morgan fingerprint density at radius 1 is 1.00 bits per heavy atom. The van der Waals surface area contributed by atoms with Crippen molar-refractivity contribution < 1.29 is 9.59 Å². The highest BCUT2D eigenvalue weighted by molar-refractivity contribution is 6.05. The highest BCUT2D eigenvalue weighted by Crippen LogP contribution is 2.12. The molecule has 0 saturated carbocycles. The van der Waals surface area contributed by atoms with Crippen LogP contribution in [0.15, 0.2) is 48.5 Å². The molecule has 122 valence electrons. The molecule has 2 N–H and O–H groups in total. The van der Waals surface area contributed by atoms with Crippen LogP contribution in [-0.4, -0.2) is 17.9 Å². The minimum atomic E-state index is -0.270. The molecule has 0 bridgehead atoms. The van der Waals surface area contributed by atoms with Gasteiger partial charge in [0.05, 0.1) is 11.6 Å². The van der Waals surface area contributed by atoms with Gasteiger partial charge in [0.1, 0.15) is 0 Å². The molecule has 2 aromatic rings. The number of rotatable bonds is 5. The Balaban J connectivity index is 2.02. The molecule has 5 nitrogen and oxygen atoms in total. The van der Waals surface area contributed by atoms with E-state index in [0.717, 1.165) is 6.42 Å². The quantitative estimate of drug-likeness (QED) is 0.886. The summed E-state index contributed by atoms with van der Waals surface area (Å²) < 4.78 is 0. The minimum absolute atomic E-state index is 0.108. The zero-order valence-corrected chi connectivity index (χ0v) is 13.7. The van der Waals surface area contributed by atoms with Crippen LogP contribution in [0, 0.1) is 11.3 Å². The first kappa shape index (κ1) is 17.2. The topological polar surface area (TPSA) is 82.0 Å². The number of carbonyl (C=O) groups excluding carboxylic acids is 2. The van der Waals surface area contributed by atoms with Gasteiger partial charge in [-0.1, -0.05) is 6.92 Å². The number of nitriles is 1. The summed E-state index contributed by atoms with van der Waals surface area (Å²) in [5.74, 6) is -0.419. The SMILES string of the molecule is CCC(C)NC(=O)c1ccc(C(=O)Nc2ccc(C#N)cc2)cc1. The molecule has 0 aromatic heterocycles. The molecule has 0 aliphatic carbocycles. The number of nitrogens with zero attached hydrogens (tertiary/aromatic N) is 1. The lowest BCUT2D eigenvalue weighted by Gasteiger charge is -2.11. The highest BCUT2D eigenvalue weighted by atomic mass is 16.2. The third-order valence-electron chi connectivity index (χ3n) is 3.67. The minimum Gasteiger partial charge on any atom is -0.350 e. The van der Waals surface area contributed by atoms with Gasteiger partial charge in [-0.2, -0.15) is 5.26 Å². The van der Waals surface area contributed by atoms with Gasteiger partial charge in [0.15, 0.2) is 0 Å². The van der Waals surface area contributed by atoms with E-state index in [0.29, 0.717) is 22.4 Å². The molecule has 0 aliphatic heterocycles. The summed E-state index contributed by atoms with van der Waals surface area (Å²) in [7, 11) is 0. The Bertz CT molecular complexity index is 759. The van der Waals surface area contributed by atoms with E-state index in [9.17, 15) is 9.59 Å². The first-order chi connectivity index (χ1) is 11.5. The summed E-state index contributed by atoms with van der Waals surface area (Å²) in [4.78, 5) is 24.2. The van der Waals surface area contributed by atoms with Gasteiger partial charge in [0.2, 0.25) is 0 Å². The predicted molar refractivity (Wildman–Crippen MR) is 92.8 cm³/mol. The van der Waals surface area contributed by atoms with Crippen LogP contribution < -0.4 is 10.6 Å². The lowest BCUT2D eigenvalue weighted by molar-refractivity contribution is 0.0937. The van der Waals surface area contributed by atoms with Crippen molar-refractivity contribution in [3.05, 3.63) is 65.2 Å². The summed E-state index contributed by atoms with van der Waals surface area (Å²) in [5.41, 5.74) is 2.12. The van der Waals surface area contributed by atoms with Crippen molar-refractivity contribution in [3.63, 3.8) is 0 Å². The fourth-order valence-corrected chi connectivity index (χ4v) is 2.01. The van der Waals surface area contributed by atoms with E-state index >= 15 is 0 Å². The Kier molecular flexibility index (Phi) is 5.69. The van der Waals surface area contributed by atoms with Crippen LogP contribution in [0.4, 0.5) is 5.69 Å². The van der Waals surface area contributed by atoms with E-state index in [2.05, 4.69) is 10.6 Å². The second kappa shape index (κ2) is 7.93. The normalized spacial score (nSPS) is 11.2. The van der Waals surface area contributed by atoms with Crippen molar-refractivity contribution in [3.8, 4) is 6.07 Å². The summed E-state index contributed by atoms with van der Waals surface area (Å²) in [6.45, 7) is 3.94. The van der Waals surface area contributed by atoms with Gasteiger partial charge in [-0.15, -0.1) is 0 Å². The van der Waals surface area contributed by atoms with Crippen LogP contribution in [-0.2, 0) is 0 Å². The summed E-state index contributed by atoms with van der Waals surface area (Å²) in [6, 6.07) is 15.2. The number of hydrogen-bond donors (Lipinski definition) is 2. The van der Waals surface area contributed by atoms with Gasteiger partial charge >= 0.3 is 0 Å². The van der Waals surface area contributed by atoms with Crippen LogP contribution in [0.3, 0.4) is 0 Å². The van der Waals surface area contributed by atoms with Crippen molar-refractivity contribution in [1.82, 2.24) is 5.32 Å². The fraction of sp³-hybridized carbons (Fsp3) is 0.211. The zero-order chi connectivity index (χ0) is 17.5. The number of benzene rings is 2. The molecular weight excluding hydrogens is 302 g/mol. The molecule has 0 heterocycles. The molecule has 5 heteroatoms. The number of hydrogen-bond acceptors (Lipinski definition) is 3. The molecule has 1 unspecified atom stereocenters. The molecule has 1 atom stereocenters. The first-order valence-corrected chi connectivity index (χ1v) is 7.76.